The minimum absolute atomic E-state index is 0.114. The first-order valence-electron chi connectivity index (χ1n) is 9.47. The fourth-order valence-corrected chi connectivity index (χ4v) is 3.53. The molecule has 2 aromatic carbocycles. The van der Waals surface area contributed by atoms with E-state index in [9.17, 15) is 4.79 Å². The third-order valence-electron chi connectivity index (χ3n) is 4.71. The van der Waals surface area contributed by atoms with E-state index in [4.69, 9.17) is 4.74 Å². The Balaban J connectivity index is 1.65. The van der Waals surface area contributed by atoms with Crippen LogP contribution >= 0.6 is 11.8 Å². The summed E-state index contributed by atoms with van der Waals surface area (Å²) in [5.41, 5.74) is 3.85. The van der Waals surface area contributed by atoms with Crippen LogP contribution in [0.4, 0.5) is 5.69 Å². The minimum Gasteiger partial charge on any atom is -0.494 e. The molecule has 1 amide bonds. The van der Waals surface area contributed by atoms with E-state index < -0.39 is 0 Å². The van der Waals surface area contributed by atoms with Crippen LogP contribution < -0.4 is 10.1 Å². The Kier molecular flexibility index (Phi) is 6.87. The number of benzene rings is 2. The van der Waals surface area contributed by atoms with Gasteiger partial charge in [-0.15, -0.1) is 5.10 Å². The molecule has 1 unspecified atom stereocenters. The summed E-state index contributed by atoms with van der Waals surface area (Å²) in [4.78, 5) is 12.4. The topological polar surface area (TPSA) is 81.9 Å². The number of tetrazole rings is 1. The first-order chi connectivity index (χ1) is 14.0. The van der Waals surface area contributed by atoms with Crippen LogP contribution in [0.5, 0.6) is 5.75 Å². The molecule has 0 spiro atoms. The van der Waals surface area contributed by atoms with Crippen LogP contribution in [0.15, 0.2) is 47.6 Å². The Morgan fingerprint density at radius 1 is 1.24 bits per heavy atom. The molecule has 1 aromatic heterocycles. The minimum atomic E-state index is -0.114. The highest BCUT2D eigenvalue weighted by Gasteiger charge is 2.15. The maximum atomic E-state index is 12.4. The molecule has 0 saturated carbocycles. The van der Waals surface area contributed by atoms with Crippen LogP contribution in [0.25, 0.3) is 5.69 Å². The number of methoxy groups -OCH3 is 1. The third kappa shape index (κ3) is 5.14. The summed E-state index contributed by atoms with van der Waals surface area (Å²) in [5.74, 6) is 1.25. The maximum Gasteiger partial charge on any atom is 0.234 e. The summed E-state index contributed by atoms with van der Waals surface area (Å²) in [6, 6.07) is 13.8. The predicted octanol–water partition coefficient (Wildman–Crippen LogP) is 4.22. The van der Waals surface area contributed by atoms with Crippen molar-refractivity contribution in [3.63, 3.8) is 0 Å². The van der Waals surface area contributed by atoms with Gasteiger partial charge in [-0.2, -0.15) is 4.68 Å². The highest BCUT2D eigenvalue weighted by atomic mass is 32.2. The summed E-state index contributed by atoms with van der Waals surface area (Å²) >= 11 is 1.27. The molecular formula is C21H25N5O2S. The number of hydrogen-bond donors (Lipinski definition) is 1. The zero-order valence-electron chi connectivity index (χ0n) is 17.0. The van der Waals surface area contributed by atoms with Crippen molar-refractivity contribution in [3.8, 4) is 11.4 Å². The monoisotopic (exact) mass is 411 g/mol. The summed E-state index contributed by atoms with van der Waals surface area (Å²) < 4.78 is 7.00. The molecular weight excluding hydrogens is 386 g/mol. The third-order valence-corrected chi connectivity index (χ3v) is 5.63. The average Bonchev–Trinajstić information content (AvgIpc) is 3.20. The highest BCUT2D eigenvalue weighted by molar-refractivity contribution is 7.99. The summed E-state index contributed by atoms with van der Waals surface area (Å²) in [6.07, 6.45) is 1.09. The van der Waals surface area contributed by atoms with E-state index in [1.165, 1.54) is 17.3 Å². The largest absolute Gasteiger partial charge is 0.494 e. The van der Waals surface area contributed by atoms with Crippen molar-refractivity contribution in [1.29, 1.82) is 0 Å². The predicted molar refractivity (Wildman–Crippen MR) is 115 cm³/mol. The smallest absolute Gasteiger partial charge is 0.234 e. The molecule has 7 nitrogen and oxygen atoms in total. The Labute approximate surface area is 174 Å². The fourth-order valence-electron chi connectivity index (χ4n) is 2.84. The van der Waals surface area contributed by atoms with Gasteiger partial charge in [0, 0.05) is 5.69 Å². The van der Waals surface area contributed by atoms with Crippen molar-refractivity contribution in [1.82, 2.24) is 20.2 Å². The number of anilines is 1. The van der Waals surface area contributed by atoms with Crippen molar-refractivity contribution in [2.24, 2.45) is 0 Å². The first kappa shape index (κ1) is 20.9. The number of carbonyl (C=O) groups excluding carboxylic acids is 1. The second kappa shape index (κ2) is 9.56. The standard InChI is InChI=1S/C21H25N5O2S/c1-5-15(3)16-7-9-17(10-8-16)22-20(27)13-29-21-23-24-25-26(21)18-12-14(2)6-11-19(18)28-4/h6-12,15H,5,13H2,1-4H3,(H,22,27). The summed E-state index contributed by atoms with van der Waals surface area (Å²) in [5, 5.41) is 15.3. The zero-order chi connectivity index (χ0) is 20.8. The van der Waals surface area contributed by atoms with Gasteiger partial charge < -0.3 is 10.1 Å². The maximum absolute atomic E-state index is 12.4. The highest BCUT2D eigenvalue weighted by Crippen LogP contribution is 2.27. The van der Waals surface area contributed by atoms with E-state index in [1.54, 1.807) is 11.8 Å². The molecule has 0 radical (unpaired) electrons. The van der Waals surface area contributed by atoms with Crippen molar-refractivity contribution in [2.45, 2.75) is 38.3 Å². The molecule has 1 N–H and O–H groups in total. The zero-order valence-corrected chi connectivity index (χ0v) is 17.9. The molecule has 152 valence electrons. The number of aromatic nitrogens is 4. The van der Waals surface area contributed by atoms with E-state index in [1.807, 2.05) is 37.3 Å². The van der Waals surface area contributed by atoms with Crippen molar-refractivity contribution >= 4 is 23.4 Å². The Morgan fingerprint density at radius 2 is 2.00 bits per heavy atom. The van der Waals surface area contributed by atoms with Crippen molar-refractivity contribution < 1.29 is 9.53 Å². The average molecular weight is 412 g/mol. The lowest BCUT2D eigenvalue weighted by molar-refractivity contribution is -0.113. The Bertz CT molecular complexity index is 971. The number of rotatable bonds is 8. The van der Waals surface area contributed by atoms with Gasteiger partial charge >= 0.3 is 0 Å². The number of ether oxygens (including phenoxy) is 1. The van der Waals surface area contributed by atoms with Gasteiger partial charge in [-0.1, -0.05) is 43.8 Å². The molecule has 3 rings (SSSR count). The van der Waals surface area contributed by atoms with E-state index in [-0.39, 0.29) is 11.7 Å². The molecule has 0 saturated heterocycles. The van der Waals surface area contributed by atoms with Gasteiger partial charge in [0.1, 0.15) is 11.4 Å². The molecule has 0 aliphatic heterocycles. The number of nitrogens with one attached hydrogen (secondary N) is 1. The second-order valence-electron chi connectivity index (χ2n) is 6.82. The quantitative estimate of drug-likeness (QED) is 0.559. The van der Waals surface area contributed by atoms with Crippen LogP contribution in [0.2, 0.25) is 0 Å². The van der Waals surface area contributed by atoms with Gasteiger partial charge in [-0.3, -0.25) is 4.79 Å². The summed E-state index contributed by atoms with van der Waals surface area (Å²) in [6.45, 7) is 6.34. The Morgan fingerprint density at radius 3 is 2.69 bits per heavy atom. The lowest BCUT2D eigenvalue weighted by atomic mass is 9.99. The van der Waals surface area contributed by atoms with Gasteiger partial charge in [0.05, 0.1) is 12.9 Å². The van der Waals surface area contributed by atoms with E-state index in [0.29, 0.717) is 16.8 Å². The van der Waals surface area contributed by atoms with Crippen LogP contribution in [-0.4, -0.2) is 39.0 Å². The summed E-state index contributed by atoms with van der Waals surface area (Å²) in [7, 11) is 1.60. The first-order valence-corrected chi connectivity index (χ1v) is 10.5. The SMILES string of the molecule is CCC(C)c1ccc(NC(=O)CSc2nnnn2-c2cc(C)ccc2OC)cc1. The number of carbonyl (C=O) groups is 1. The lowest BCUT2D eigenvalue weighted by Gasteiger charge is -2.11. The van der Waals surface area contributed by atoms with Gasteiger partial charge in [0.2, 0.25) is 11.1 Å². The van der Waals surface area contributed by atoms with E-state index >= 15 is 0 Å². The van der Waals surface area contributed by atoms with E-state index in [0.717, 1.165) is 23.4 Å². The van der Waals surface area contributed by atoms with E-state index in [2.05, 4.69) is 46.8 Å². The second-order valence-corrected chi connectivity index (χ2v) is 7.76. The molecule has 1 atom stereocenters. The number of thioether (sulfide) groups is 1. The van der Waals surface area contributed by atoms with Crippen LogP contribution in [-0.2, 0) is 4.79 Å². The molecule has 8 heteroatoms. The molecule has 3 aromatic rings. The van der Waals surface area contributed by atoms with Gasteiger partial charge in [0.25, 0.3) is 0 Å². The van der Waals surface area contributed by atoms with Crippen LogP contribution in [0.3, 0.4) is 0 Å². The lowest BCUT2D eigenvalue weighted by Crippen LogP contribution is -2.14. The molecule has 0 fully saturated rings. The van der Waals surface area contributed by atoms with Gasteiger partial charge in [0.15, 0.2) is 0 Å². The molecule has 29 heavy (non-hydrogen) atoms. The van der Waals surface area contributed by atoms with Crippen molar-refractivity contribution in [2.75, 3.05) is 18.2 Å². The molecule has 0 aliphatic rings. The number of hydrogen-bond acceptors (Lipinski definition) is 6. The fraction of sp³-hybridized carbons (Fsp3) is 0.333. The Hall–Kier alpha value is -2.87. The number of nitrogens with zero attached hydrogens (tertiary/aromatic N) is 4. The normalized spacial score (nSPS) is 11.9. The van der Waals surface area contributed by atoms with Crippen LogP contribution in [0, 0.1) is 6.92 Å². The molecule has 0 bridgehead atoms. The van der Waals surface area contributed by atoms with Crippen LogP contribution in [0.1, 0.15) is 37.3 Å². The molecule has 1 heterocycles. The number of aryl methyl sites for hydroxylation is 1. The number of amides is 1. The van der Waals surface area contributed by atoms with Crippen molar-refractivity contribution in [3.05, 3.63) is 53.6 Å². The molecule has 0 aliphatic carbocycles. The van der Waals surface area contributed by atoms with Gasteiger partial charge in [-0.25, -0.2) is 0 Å². The van der Waals surface area contributed by atoms with Gasteiger partial charge in [-0.05, 0) is 65.1 Å².